The van der Waals surface area contributed by atoms with Crippen LogP contribution in [0.15, 0.2) is 39.5 Å². The lowest BCUT2D eigenvalue weighted by Crippen LogP contribution is -1.93. The second-order valence-electron chi connectivity index (χ2n) is 4.23. The van der Waals surface area contributed by atoms with Crippen molar-refractivity contribution < 1.29 is 9.15 Å². The quantitative estimate of drug-likeness (QED) is 0.764. The fourth-order valence-corrected chi connectivity index (χ4v) is 2.05. The van der Waals surface area contributed by atoms with Crippen molar-refractivity contribution in [3.8, 4) is 16.9 Å². The number of rotatable bonds is 2. The van der Waals surface area contributed by atoms with E-state index in [-0.39, 0.29) is 0 Å². The molecule has 0 fully saturated rings. The van der Waals surface area contributed by atoms with Crippen LogP contribution in [0.1, 0.15) is 5.69 Å². The van der Waals surface area contributed by atoms with E-state index in [1.165, 1.54) is 0 Å². The molecule has 0 unspecified atom stereocenters. The molecular formula is C14H12N2O3. The number of aromatic nitrogens is 2. The van der Waals surface area contributed by atoms with Crippen molar-refractivity contribution in [2.24, 2.45) is 0 Å². The van der Waals surface area contributed by atoms with Gasteiger partial charge in [-0.25, -0.2) is 9.78 Å². The van der Waals surface area contributed by atoms with Gasteiger partial charge in [-0.05, 0) is 30.7 Å². The average Bonchev–Trinajstić information content (AvgIpc) is 2.78. The molecule has 1 aromatic carbocycles. The maximum absolute atomic E-state index is 11.3. The molecule has 0 saturated heterocycles. The van der Waals surface area contributed by atoms with Crippen LogP contribution in [0.5, 0.6) is 5.75 Å². The molecule has 3 aromatic rings. The number of benzene rings is 1. The molecule has 1 N–H and O–H groups in total. The van der Waals surface area contributed by atoms with Crippen molar-refractivity contribution in [2.75, 3.05) is 7.11 Å². The first-order valence-corrected chi connectivity index (χ1v) is 5.82. The summed E-state index contributed by atoms with van der Waals surface area (Å²) in [4.78, 5) is 18.2. The van der Waals surface area contributed by atoms with Gasteiger partial charge in [0.25, 0.3) is 0 Å². The van der Waals surface area contributed by atoms with E-state index in [1.807, 2.05) is 37.3 Å². The third-order valence-corrected chi connectivity index (χ3v) is 2.93. The molecule has 5 nitrogen and oxygen atoms in total. The topological polar surface area (TPSA) is 68.1 Å². The lowest BCUT2D eigenvalue weighted by atomic mass is 10.0. The van der Waals surface area contributed by atoms with Crippen molar-refractivity contribution in [2.45, 2.75) is 6.92 Å². The van der Waals surface area contributed by atoms with Gasteiger partial charge in [-0.1, -0.05) is 12.1 Å². The molecule has 0 amide bonds. The lowest BCUT2D eigenvalue weighted by molar-refractivity contribution is 0.415. The molecule has 3 rings (SSSR count). The highest BCUT2D eigenvalue weighted by Crippen LogP contribution is 2.28. The van der Waals surface area contributed by atoms with Crippen LogP contribution < -0.4 is 10.5 Å². The van der Waals surface area contributed by atoms with Crippen LogP contribution in [0.4, 0.5) is 0 Å². The van der Waals surface area contributed by atoms with Crippen LogP contribution in [0.3, 0.4) is 0 Å². The summed E-state index contributed by atoms with van der Waals surface area (Å²) in [6.07, 6.45) is 0. The Balaban J connectivity index is 2.25. The molecule has 0 saturated carbocycles. The average molecular weight is 256 g/mol. The van der Waals surface area contributed by atoms with Crippen LogP contribution >= 0.6 is 0 Å². The smallest absolute Gasteiger partial charge is 0.418 e. The summed E-state index contributed by atoms with van der Waals surface area (Å²) in [7, 11) is 1.62. The predicted molar refractivity (Wildman–Crippen MR) is 71.4 cm³/mol. The molecule has 0 aliphatic rings. The Hall–Kier alpha value is -2.56. The summed E-state index contributed by atoms with van der Waals surface area (Å²) < 4.78 is 10.1. The number of nitrogens with zero attached hydrogens (tertiary/aromatic N) is 1. The summed E-state index contributed by atoms with van der Waals surface area (Å²) >= 11 is 0. The summed E-state index contributed by atoms with van der Waals surface area (Å²) in [6.45, 7) is 1.86. The minimum atomic E-state index is -0.497. The molecule has 19 heavy (non-hydrogen) atoms. The number of oxazole rings is 1. The number of hydrogen-bond acceptors (Lipinski definition) is 4. The maximum atomic E-state index is 11.3. The highest BCUT2D eigenvalue weighted by molar-refractivity contribution is 5.88. The second kappa shape index (κ2) is 4.28. The monoisotopic (exact) mass is 256 g/mol. The summed E-state index contributed by atoms with van der Waals surface area (Å²) in [5, 5.41) is 0. The summed E-state index contributed by atoms with van der Waals surface area (Å²) in [5.41, 5.74) is 3.59. The van der Waals surface area contributed by atoms with E-state index in [2.05, 4.69) is 9.97 Å². The van der Waals surface area contributed by atoms with Gasteiger partial charge in [-0.15, -0.1) is 0 Å². The van der Waals surface area contributed by atoms with Gasteiger partial charge in [-0.3, -0.25) is 4.98 Å². The Labute approximate surface area is 108 Å². The Morgan fingerprint density at radius 1 is 1.26 bits per heavy atom. The number of aryl methyl sites for hydroxylation is 1. The number of pyridine rings is 1. The molecule has 0 atom stereocenters. The minimum absolute atomic E-state index is 0.329. The SMILES string of the molecule is COc1ccc(-c2cc(C)nc3oc(=O)[nH]c23)cc1. The van der Waals surface area contributed by atoms with Crippen LogP contribution in [0.2, 0.25) is 0 Å². The fraction of sp³-hybridized carbons (Fsp3) is 0.143. The van der Waals surface area contributed by atoms with E-state index in [9.17, 15) is 4.79 Å². The number of H-pyrrole nitrogens is 1. The molecule has 0 spiro atoms. The number of ether oxygens (including phenoxy) is 1. The van der Waals surface area contributed by atoms with Crippen LogP contribution in [-0.2, 0) is 0 Å². The highest BCUT2D eigenvalue weighted by atomic mass is 16.5. The van der Waals surface area contributed by atoms with E-state index >= 15 is 0 Å². The van der Waals surface area contributed by atoms with Gasteiger partial charge < -0.3 is 9.15 Å². The number of methoxy groups -OCH3 is 1. The number of aromatic amines is 1. The Morgan fingerprint density at radius 3 is 2.68 bits per heavy atom. The molecule has 2 heterocycles. The highest BCUT2D eigenvalue weighted by Gasteiger charge is 2.11. The molecule has 0 aliphatic heterocycles. The first kappa shape index (κ1) is 11.5. The van der Waals surface area contributed by atoms with Crippen LogP contribution in [0.25, 0.3) is 22.4 Å². The second-order valence-corrected chi connectivity index (χ2v) is 4.23. The largest absolute Gasteiger partial charge is 0.497 e. The number of nitrogens with one attached hydrogen (secondary N) is 1. The van der Waals surface area contributed by atoms with Gasteiger partial charge in [0, 0.05) is 11.3 Å². The van der Waals surface area contributed by atoms with E-state index < -0.39 is 5.76 Å². The van der Waals surface area contributed by atoms with Gasteiger partial charge in [-0.2, -0.15) is 0 Å². The zero-order valence-electron chi connectivity index (χ0n) is 10.6. The fourth-order valence-electron chi connectivity index (χ4n) is 2.05. The van der Waals surface area contributed by atoms with Crippen molar-refractivity contribution in [3.63, 3.8) is 0 Å². The predicted octanol–water partition coefficient (Wildman–Crippen LogP) is 2.50. The zero-order valence-corrected chi connectivity index (χ0v) is 10.6. The lowest BCUT2D eigenvalue weighted by Gasteiger charge is -2.05. The van der Waals surface area contributed by atoms with Gasteiger partial charge in [0.15, 0.2) is 0 Å². The molecule has 2 aromatic heterocycles. The normalized spacial score (nSPS) is 10.8. The molecular weight excluding hydrogens is 244 g/mol. The molecule has 5 heteroatoms. The van der Waals surface area contributed by atoms with Crippen molar-refractivity contribution in [1.29, 1.82) is 0 Å². The third kappa shape index (κ3) is 1.99. The first-order valence-electron chi connectivity index (χ1n) is 5.82. The standard InChI is InChI=1S/C14H12N2O3/c1-8-7-11(9-3-5-10(18-2)6-4-9)12-13(15-8)19-14(17)16-12/h3-7H,1-2H3,(H,16,17). The Bertz CT molecular complexity index is 785. The maximum Gasteiger partial charge on any atom is 0.418 e. The molecule has 0 bridgehead atoms. The van der Waals surface area contributed by atoms with Crippen molar-refractivity contribution in [1.82, 2.24) is 9.97 Å². The third-order valence-electron chi connectivity index (χ3n) is 2.93. The van der Waals surface area contributed by atoms with Gasteiger partial charge in [0.2, 0.25) is 5.71 Å². The van der Waals surface area contributed by atoms with E-state index in [4.69, 9.17) is 9.15 Å². The number of hydrogen-bond donors (Lipinski definition) is 1. The number of fused-ring (bicyclic) bond motifs is 1. The molecule has 0 aliphatic carbocycles. The van der Waals surface area contributed by atoms with Crippen molar-refractivity contribution >= 4 is 11.2 Å². The van der Waals surface area contributed by atoms with Crippen LogP contribution in [0, 0.1) is 6.92 Å². The van der Waals surface area contributed by atoms with E-state index in [1.54, 1.807) is 7.11 Å². The molecule has 96 valence electrons. The Kier molecular flexibility index (Phi) is 2.59. The van der Waals surface area contributed by atoms with Gasteiger partial charge in [0.05, 0.1) is 7.11 Å². The van der Waals surface area contributed by atoms with Crippen molar-refractivity contribution in [3.05, 3.63) is 46.6 Å². The van der Waals surface area contributed by atoms with Crippen LogP contribution in [-0.4, -0.2) is 17.1 Å². The Morgan fingerprint density at radius 2 is 2.00 bits per heavy atom. The minimum Gasteiger partial charge on any atom is -0.497 e. The molecule has 0 radical (unpaired) electrons. The zero-order chi connectivity index (χ0) is 13.4. The van der Waals surface area contributed by atoms with E-state index in [0.717, 1.165) is 22.6 Å². The summed E-state index contributed by atoms with van der Waals surface area (Å²) in [6, 6.07) is 9.51. The van der Waals surface area contributed by atoms with E-state index in [0.29, 0.717) is 11.2 Å². The summed E-state index contributed by atoms with van der Waals surface area (Å²) in [5.74, 6) is 0.286. The van der Waals surface area contributed by atoms with Gasteiger partial charge >= 0.3 is 5.76 Å². The first-order chi connectivity index (χ1) is 9.17. The van der Waals surface area contributed by atoms with Gasteiger partial charge in [0.1, 0.15) is 11.3 Å².